The smallest absolute Gasteiger partial charge is 0.230 e. The molecule has 1 unspecified atom stereocenters. The maximum atomic E-state index is 12.0. The molecule has 24 heavy (non-hydrogen) atoms. The summed E-state index contributed by atoms with van der Waals surface area (Å²) in [5, 5.41) is 14.3. The van der Waals surface area contributed by atoms with Crippen molar-refractivity contribution in [2.75, 3.05) is 12.3 Å². The molecule has 7 nitrogen and oxygen atoms in total. The minimum Gasteiger partial charge on any atom is -0.354 e. The molecule has 0 saturated carbocycles. The molecule has 2 amide bonds. The van der Waals surface area contributed by atoms with Crippen molar-refractivity contribution in [2.24, 2.45) is 0 Å². The van der Waals surface area contributed by atoms with Gasteiger partial charge in [0.2, 0.25) is 11.8 Å². The van der Waals surface area contributed by atoms with Crippen molar-refractivity contribution in [3.8, 4) is 5.69 Å². The molecule has 0 spiro atoms. The Balaban J connectivity index is 1.63. The van der Waals surface area contributed by atoms with E-state index < -0.39 is 0 Å². The van der Waals surface area contributed by atoms with Crippen LogP contribution in [0.15, 0.2) is 35.7 Å². The summed E-state index contributed by atoms with van der Waals surface area (Å²) in [5.41, 5.74) is 2.22. The molecule has 126 valence electrons. The van der Waals surface area contributed by atoms with E-state index in [9.17, 15) is 9.59 Å². The van der Waals surface area contributed by atoms with Gasteiger partial charge in [-0.25, -0.2) is 0 Å². The summed E-state index contributed by atoms with van der Waals surface area (Å²) >= 11 is 1.33. The van der Waals surface area contributed by atoms with Crippen molar-refractivity contribution in [2.45, 2.75) is 31.0 Å². The van der Waals surface area contributed by atoms with Crippen LogP contribution in [0.1, 0.15) is 18.9 Å². The highest BCUT2D eigenvalue weighted by Crippen LogP contribution is 2.22. The lowest BCUT2D eigenvalue weighted by Crippen LogP contribution is -2.37. The third-order valence-electron chi connectivity index (χ3n) is 3.82. The number of carbonyl (C=O) groups is 2. The van der Waals surface area contributed by atoms with E-state index in [-0.39, 0.29) is 23.6 Å². The monoisotopic (exact) mass is 345 g/mol. The molecule has 2 heterocycles. The van der Waals surface area contributed by atoms with Crippen LogP contribution in [0.2, 0.25) is 0 Å². The molecule has 1 aliphatic heterocycles. The van der Waals surface area contributed by atoms with Gasteiger partial charge >= 0.3 is 0 Å². The highest BCUT2D eigenvalue weighted by Gasteiger charge is 2.23. The topological polar surface area (TPSA) is 88.9 Å². The molecule has 2 N–H and O–H groups in total. The predicted molar refractivity (Wildman–Crippen MR) is 91.0 cm³/mol. The summed E-state index contributed by atoms with van der Waals surface area (Å²) in [6.45, 7) is 2.59. The molecule has 1 aliphatic rings. The minimum atomic E-state index is -0.121. The average molecular weight is 345 g/mol. The Morgan fingerprint density at radius 2 is 2.29 bits per heavy atom. The first-order valence-corrected chi connectivity index (χ1v) is 8.83. The van der Waals surface area contributed by atoms with Crippen LogP contribution in [-0.2, 0) is 16.0 Å². The van der Waals surface area contributed by atoms with Gasteiger partial charge in [0, 0.05) is 13.0 Å². The Kier molecular flexibility index (Phi) is 5.14. The summed E-state index contributed by atoms with van der Waals surface area (Å²) in [7, 11) is 0. The van der Waals surface area contributed by atoms with Crippen molar-refractivity contribution in [1.29, 1.82) is 0 Å². The predicted octanol–water partition coefficient (Wildman–Crippen LogP) is 0.926. The van der Waals surface area contributed by atoms with Gasteiger partial charge in [-0.3, -0.25) is 14.2 Å². The molecule has 1 saturated heterocycles. The molecule has 1 fully saturated rings. The number of para-hydroxylation sites is 1. The van der Waals surface area contributed by atoms with E-state index in [2.05, 4.69) is 33.8 Å². The van der Waals surface area contributed by atoms with E-state index >= 15 is 0 Å². The van der Waals surface area contributed by atoms with Crippen LogP contribution in [-0.4, -0.2) is 44.9 Å². The molecular weight excluding hydrogens is 326 g/mol. The fourth-order valence-electron chi connectivity index (χ4n) is 2.64. The summed E-state index contributed by atoms with van der Waals surface area (Å²) in [6, 6.07) is 7.94. The number of carbonyl (C=O) groups excluding carboxylic acids is 2. The Hall–Kier alpha value is -2.35. The fourth-order valence-corrected chi connectivity index (χ4v) is 3.37. The lowest BCUT2D eigenvalue weighted by atomic mass is 10.1. The highest BCUT2D eigenvalue weighted by molar-refractivity contribution is 7.99. The number of benzene rings is 1. The molecule has 3 rings (SSSR count). The standard InChI is InChI=1S/C16H19N5O2S/c1-2-11-5-3-4-6-13(11)21-10-18-20-16(21)24-9-15(23)19-12-7-14(22)17-8-12/h3-6,10,12H,2,7-9H2,1H3,(H,17,22)(H,19,23). The van der Waals surface area contributed by atoms with Crippen molar-refractivity contribution >= 4 is 23.6 Å². The lowest BCUT2D eigenvalue weighted by Gasteiger charge is -2.12. The first kappa shape index (κ1) is 16.5. The van der Waals surface area contributed by atoms with Crippen molar-refractivity contribution in [3.05, 3.63) is 36.2 Å². The van der Waals surface area contributed by atoms with Gasteiger partial charge in [0.05, 0.1) is 17.5 Å². The molecule has 0 aliphatic carbocycles. The van der Waals surface area contributed by atoms with Gasteiger partial charge in [-0.05, 0) is 18.1 Å². The van der Waals surface area contributed by atoms with Gasteiger partial charge in [0.1, 0.15) is 6.33 Å². The zero-order valence-electron chi connectivity index (χ0n) is 13.4. The zero-order valence-corrected chi connectivity index (χ0v) is 14.2. The zero-order chi connectivity index (χ0) is 16.9. The molecular formula is C16H19N5O2S. The number of hydrogen-bond acceptors (Lipinski definition) is 5. The SMILES string of the molecule is CCc1ccccc1-n1cnnc1SCC(=O)NC1CNC(=O)C1. The van der Waals surface area contributed by atoms with E-state index in [1.807, 2.05) is 22.8 Å². The number of nitrogens with one attached hydrogen (secondary N) is 2. The van der Waals surface area contributed by atoms with Gasteiger partial charge < -0.3 is 10.6 Å². The van der Waals surface area contributed by atoms with Crippen LogP contribution in [0.3, 0.4) is 0 Å². The van der Waals surface area contributed by atoms with Crippen LogP contribution in [0.4, 0.5) is 0 Å². The number of thioether (sulfide) groups is 1. The van der Waals surface area contributed by atoms with E-state index in [0.717, 1.165) is 12.1 Å². The third kappa shape index (κ3) is 3.76. The number of aryl methyl sites for hydroxylation is 1. The van der Waals surface area contributed by atoms with Gasteiger partial charge in [-0.1, -0.05) is 36.9 Å². The first-order valence-electron chi connectivity index (χ1n) is 7.84. The maximum absolute atomic E-state index is 12.0. The van der Waals surface area contributed by atoms with Crippen LogP contribution < -0.4 is 10.6 Å². The lowest BCUT2D eigenvalue weighted by molar-refractivity contribution is -0.119. The molecule has 1 aromatic heterocycles. The van der Waals surface area contributed by atoms with E-state index in [1.54, 1.807) is 6.33 Å². The second-order valence-electron chi connectivity index (χ2n) is 5.53. The Morgan fingerprint density at radius 1 is 1.46 bits per heavy atom. The fraction of sp³-hybridized carbons (Fsp3) is 0.375. The Morgan fingerprint density at radius 3 is 3.04 bits per heavy atom. The third-order valence-corrected chi connectivity index (χ3v) is 4.77. The Bertz CT molecular complexity index is 746. The summed E-state index contributed by atoms with van der Waals surface area (Å²) in [6.07, 6.45) is 2.91. The van der Waals surface area contributed by atoms with E-state index in [1.165, 1.54) is 17.3 Å². The average Bonchev–Trinajstić information content (AvgIpc) is 3.21. The Labute approximate surface area is 144 Å². The highest BCUT2D eigenvalue weighted by atomic mass is 32.2. The molecule has 1 aromatic carbocycles. The van der Waals surface area contributed by atoms with Crippen LogP contribution in [0, 0.1) is 0 Å². The van der Waals surface area contributed by atoms with E-state index in [0.29, 0.717) is 18.1 Å². The maximum Gasteiger partial charge on any atom is 0.230 e. The summed E-state index contributed by atoms with van der Waals surface area (Å²) in [4.78, 5) is 23.2. The molecule has 2 aromatic rings. The first-order chi connectivity index (χ1) is 11.7. The van der Waals surface area contributed by atoms with Crippen molar-refractivity contribution in [3.63, 3.8) is 0 Å². The second kappa shape index (κ2) is 7.48. The number of hydrogen-bond donors (Lipinski definition) is 2. The van der Waals surface area contributed by atoms with Gasteiger partial charge in [0.25, 0.3) is 0 Å². The molecule has 0 bridgehead atoms. The van der Waals surface area contributed by atoms with Crippen molar-refractivity contribution < 1.29 is 9.59 Å². The quantitative estimate of drug-likeness (QED) is 0.760. The summed E-state index contributed by atoms with van der Waals surface area (Å²) < 4.78 is 1.90. The van der Waals surface area contributed by atoms with Gasteiger partial charge in [0.15, 0.2) is 5.16 Å². The van der Waals surface area contributed by atoms with Crippen LogP contribution in [0.5, 0.6) is 0 Å². The number of amides is 2. The summed E-state index contributed by atoms with van der Waals surface area (Å²) in [5.74, 6) is 0.0983. The second-order valence-corrected chi connectivity index (χ2v) is 6.47. The van der Waals surface area contributed by atoms with Crippen LogP contribution in [0.25, 0.3) is 5.69 Å². The van der Waals surface area contributed by atoms with E-state index in [4.69, 9.17) is 0 Å². The largest absolute Gasteiger partial charge is 0.354 e. The number of aromatic nitrogens is 3. The molecule has 8 heteroatoms. The normalized spacial score (nSPS) is 16.9. The molecule has 1 atom stereocenters. The van der Waals surface area contributed by atoms with Crippen molar-refractivity contribution in [1.82, 2.24) is 25.4 Å². The van der Waals surface area contributed by atoms with Crippen LogP contribution >= 0.6 is 11.8 Å². The minimum absolute atomic E-state index is 0.0242. The number of rotatable bonds is 6. The molecule has 0 radical (unpaired) electrons. The van der Waals surface area contributed by atoms with Gasteiger partial charge in [-0.2, -0.15) is 0 Å². The number of nitrogens with zero attached hydrogens (tertiary/aromatic N) is 3. The van der Waals surface area contributed by atoms with Gasteiger partial charge in [-0.15, -0.1) is 10.2 Å².